The van der Waals surface area contributed by atoms with Crippen molar-refractivity contribution in [3.8, 4) is 11.5 Å². The number of fused-ring (bicyclic) bond motifs is 1. The van der Waals surface area contributed by atoms with Gasteiger partial charge in [0.2, 0.25) is 11.8 Å². The molecule has 1 unspecified atom stereocenters. The molecule has 1 atom stereocenters. The highest BCUT2D eigenvalue weighted by Crippen LogP contribution is 2.47. The van der Waals surface area contributed by atoms with Crippen LogP contribution in [0.1, 0.15) is 37.4 Å². The van der Waals surface area contributed by atoms with Crippen LogP contribution in [0.3, 0.4) is 0 Å². The van der Waals surface area contributed by atoms with Crippen LogP contribution in [-0.4, -0.2) is 78.0 Å². The van der Waals surface area contributed by atoms with Gasteiger partial charge in [-0.2, -0.15) is 0 Å². The molecule has 0 saturated carbocycles. The number of amides is 2. The minimum Gasteiger partial charge on any atom is -0.497 e. The van der Waals surface area contributed by atoms with Crippen LogP contribution in [0.15, 0.2) is 75.9 Å². The summed E-state index contributed by atoms with van der Waals surface area (Å²) in [6.07, 6.45) is 0.118. The van der Waals surface area contributed by atoms with E-state index in [4.69, 9.17) is 19.2 Å². The molecule has 2 aromatic carbocycles. The van der Waals surface area contributed by atoms with Gasteiger partial charge >= 0.3 is 5.97 Å². The highest BCUT2D eigenvalue weighted by atomic mass is 32.2. The maximum atomic E-state index is 13.8. The summed E-state index contributed by atoms with van der Waals surface area (Å²) in [5.41, 5.74) is 3.22. The second-order valence-electron chi connectivity index (χ2n) is 10.1. The molecule has 42 heavy (non-hydrogen) atoms. The van der Waals surface area contributed by atoms with Crippen LogP contribution in [0, 0.1) is 0 Å². The van der Waals surface area contributed by atoms with E-state index in [1.807, 2.05) is 52.8 Å². The van der Waals surface area contributed by atoms with E-state index in [-0.39, 0.29) is 24.8 Å². The number of amidine groups is 1. The smallest absolute Gasteiger partial charge is 0.338 e. The number of piperazine rings is 1. The van der Waals surface area contributed by atoms with Crippen molar-refractivity contribution >= 4 is 34.7 Å². The van der Waals surface area contributed by atoms with Crippen molar-refractivity contribution in [2.24, 2.45) is 4.99 Å². The summed E-state index contributed by atoms with van der Waals surface area (Å²) in [5.74, 6) is 0.609. The fourth-order valence-electron chi connectivity index (χ4n) is 5.31. The van der Waals surface area contributed by atoms with Gasteiger partial charge in [0.05, 0.1) is 38.0 Å². The Labute approximate surface area is 249 Å². The fourth-order valence-corrected chi connectivity index (χ4v) is 6.27. The Bertz CT molecular complexity index is 1460. The van der Waals surface area contributed by atoms with Crippen LogP contribution < -0.4 is 9.47 Å². The van der Waals surface area contributed by atoms with Gasteiger partial charge in [-0.3, -0.25) is 9.59 Å². The van der Waals surface area contributed by atoms with Crippen LogP contribution in [0.25, 0.3) is 0 Å². The van der Waals surface area contributed by atoms with Crippen LogP contribution in [-0.2, 0) is 25.7 Å². The van der Waals surface area contributed by atoms with Gasteiger partial charge < -0.3 is 28.9 Å². The van der Waals surface area contributed by atoms with Crippen molar-refractivity contribution < 1.29 is 28.6 Å². The molecule has 1 saturated heterocycles. The number of nitrogens with zero attached hydrogens (tertiary/aromatic N) is 4. The Balaban J connectivity index is 1.46. The predicted molar refractivity (Wildman–Crippen MR) is 160 cm³/mol. The largest absolute Gasteiger partial charge is 0.497 e. The lowest BCUT2D eigenvalue weighted by Gasteiger charge is -2.38. The monoisotopic (exact) mass is 590 g/mol. The zero-order chi connectivity index (χ0) is 29.8. The minimum absolute atomic E-state index is 0.0105. The number of carbonyl (C=O) groups is 3. The average molecular weight is 591 g/mol. The van der Waals surface area contributed by atoms with Gasteiger partial charge in [0, 0.05) is 50.4 Å². The number of thioether (sulfide) groups is 1. The van der Waals surface area contributed by atoms with E-state index in [9.17, 15) is 14.4 Å². The molecular weight excluding hydrogens is 556 g/mol. The molecule has 2 amide bonds. The lowest BCUT2D eigenvalue weighted by molar-refractivity contribution is -0.141. The number of benzene rings is 2. The summed E-state index contributed by atoms with van der Waals surface area (Å²) < 4.78 is 17.0. The van der Waals surface area contributed by atoms with Gasteiger partial charge in [0.1, 0.15) is 18.1 Å². The van der Waals surface area contributed by atoms with Gasteiger partial charge in [-0.05, 0) is 30.0 Å². The predicted octanol–water partition coefficient (Wildman–Crippen LogP) is 4.10. The number of ether oxygens (including phenoxy) is 3. The highest BCUT2D eigenvalue weighted by molar-refractivity contribution is 8.16. The minimum atomic E-state index is -0.648. The fraction of sp³-hybridized carbons (Fsp3) is 0.355. The van der Waals surface area contributed by atoms with E-state index >= 15 is 0 Å². The first-order valence-corrected chi connectivity index (χ1v) is 14.6. The number of methoxy groups -OCH3 is 2. The molecule has 3 aliphatic rings. The average Bonchev–Trinajstić information content (AvgIpc) is 3.40. The van der Waals surface area contributed by atoms with E-state index in [0.29, 0.717) is 59.7 Å². The number of esters is 1. The lowest BCUT2D eigenvalue weighted by atomic mass is 9.93. The number of carbonyl (C=O) groups excluding carboxylic acids is 3. The van der Waals surface area contributed by atoms with Crippen molar-refractivity contribution in [1.29, 1.82) is 0 Å². The first-order valence-electron chi connectivity index (χ1n) is 13.7. The van der Waals surface area contributed by atoms with Gasteiger partial charge in [-0.1, -0.05) is 42.1 Å². The van der Waals surface area contributed by atoms with E-state index in [1.165, 1.54) is 11.8 Å². The third-order valence-corrected chi connectivity index (χ3v) is 8.47. The zero-order valence-corrected chi connectivity index (χ0v) is 25.0. The third kappa shape index (κ3) is 6.01. The molecule has 10 nitrogen and oxygen atoms in total. The number of rotatable bonds is 8. The second-order valence-corrected chi connectivity index (χ2v) is 11.0. The Morgan fingerprint density at radius 3 is 2.36 bits per heavy atom. The molecule has 5 rings (SSSR count). The van der Waals surface area contributed by atoms with E-state index in [1.54, 1.807) is 43.9 Å². The number of hydrogen-bond acceptors (Lipinski definition) is 9. The van der Waals surface area contributed by atoms with Crippen molar-refractivity contribution in [3.63, 3.8) is 0 Å². The SMILES string of the molecule is COc1ccc(C2C(C(=O)OCc3ccccc3)=C(C)N=C3SC=C(CC(=O)N4CCN(C(C)=O)CC4)N32)c(OC)c1. The summed E-state index contributed by atoms with van der Waals surface area (Å²) in [6.45, 7) is 5.43. The van der Waals surface area contributed by atoms with Crippen LogP contribution >= 0.6 is 11.8 Å². The molecule has 3 heterocycles. The molecular formula is C31H34N4O6S. The summed E-state index contributed by atoms with van der Waals surface area (Å²) in [6, 6.07) is 14.3. The zero-order valence-electron chi connectivity index (χ0n) is 24.2. The maximum Gasteiger partial charge on any atom is 0.338 e. The number of allylic oxidation sites excluding steroid dienone is 1. The Hall–Kier alpha value is -4.25. The quantitative estimate of drug-likeness (QED) is 0.424. The maximum absolute atomic E-state index is 13.8. The van der Waals surface area contributed by atoms with Crippen molar-refractivity contribution in [2.75, 3.05) is 40.4 Å². The molecule has 0 radical (unpaired) electrons. The molecule has 11 heteroatoms. The van der Waals surface area contributed by atoms with Crippen LogP contribution in [0.4, 0.5) is 0 Å². The summed E-state index contributed by atoms with van der Waals surface area (Å²) >= 11 is 1.41. The van der Waals surface area contributed by atoms with E-state index in [2.05, 4.69) is 0 Å². The molecule has 220 valence electrons. The van der Waals surface area contributed by atoms with Crippen LogP contribution in [0.5, 0.6) is 11.5 Å². The molecule has 1 fully saturated rings. The van der Waals surface area contributed by atoms with Gasteiger partial charge in [0.15, 0.2) is 5.17 Å². The first-order chi connectivity index (χ1) is 20.3. The normalized spacial score (nSPS) is 18.3. The topological polar surface area (TPSA) is 101 Å². The number of aliphatic imine (C=N–C) groups is 1. The van der Waals surface area contributed by atoms with Crippen molar-refractivity contribution in [3.05, 3.63) is 82.0 Å². The van der Waals surface area contributed by atoms with Crippen molar-refractivity contribution in [2.45, 2.75) is 32.9 Å². The van der Waals surface area contributed by atoms with Gasteiger partial charge in [0.25, 0.3) is 0 Å². The molecule has 3 aliphatic heterocycles. The molecule has 2 aromatic rings. The summed E-state index contributed by atoms with van der Waals surface area (Å²) in [7, 11) is 3.15. The van der Waals surface area contributed by atoms with Gasteiger partial charge in [-0.25, -0.2) is 9.79 Å². The molecule has 0 N–H and O–H groups in total. The number of hydrogen-bond donors (Lipinski definition) is 0. The Kier molecular flexibility index (Phi) is 8.86. The Morgan fingerprint density at radius 1 is 0.976 bits per heavy atom. The van der Waals surface area contributed by atoms with Gasteiger partial charge in [-0.15, -0.1) is 0 Å². The van der Waals surface area contributed by atoms with Crippen LogP contribution in [0.2, 0.25) is 0 Å². The van der Waals surface area contributed by atoms with E-state index < -0.39 is 12.0 Å². The molecule has 0 spiro atoms. The molecule has 0 bridgehead atoms. The van der Waals surface area contributed by atoms with E-state index in [0.717, 1.165) is 11.3 Å². The summed E-state index contributed by atoms with van der Waals surface area (Å²) in [5, 5.41) is 2.58. The molecule has 0 aromatic heterocycles. The third-order valence-electron chi connectivity index (χ3n) is 7.58. The molecule has 0 aliphatic carbocycles. The standard InChI is InChI=1S/C31H34N4O6S/c1-20-28(30(38)41-18-22-8-6-5-7-9-22)29(25-11-10-24(39-3)17-26(25)40-4)35-23(19-42-31(35)32-20)16-27(37)34-14-12-33(13-15-34)21(2)36/h5-11,17,19,29H,12-16,18H2,1-4H3. The lowest BCUT2D eigenvalue weighted by Crippen LogP contribution is -2.50. The second kappa shape index (κ2) is 12.7. The summed E-state index contributed by atoms with van der Waals surface area (Å²) in [4.78, 5) is 49.2. The highest BCUT2D eigenvalue weighted by Gasteiger charge is 2.43. The first kappa shape index (κ1) is 29.2. The Morgan fingerprint density at radius 2 is 1.69 bits per heavy atom. The van der Waals surface area contributed by atoms with Crippen molar-refractivity contribution in [1.82, 2.24) is 14.7 Å².